The highest BCUT2D eigenvalue weighted by atomic mass is 19.1. The number of H-pyrrole nitrogens is 1. The van der Waals surface area contributed by atoms with Crippen LogP contribution in [0.4, 0.5) is 9.18 Å². The molecule has 130 valence electrons. The highest BCUT2D eigenvalue weighted by Gasteiger charge is 2.41. The molecule has 0 saturated carbocycles. The summed E-state index contributed by atoms with van der Waals surface area (Å²) in [5, 5.41) is 7.85. The molecule has 1 aromatic carbocycles. The van der Waals surface area contributed by atoms with E-state index >= 15 is 4.39 Å². The first-order valence-electron chi connectivity index (χ1n) is 8.29. The van der Waals surface area contributed by atoms with Gasteiger partial charge < -0.3 is 9.64 Å². The van der Waals surface area contributed by atoms with Crippen molar-refractivity contribution in [2.24, 2.45) is 0 Å². The average molecular weight is 333 g/mol. The van der Waals surface area contributed by atoms with Gasteiger partial charge in [-0.15, -0.1) is 0 Å². The lowest BCUT2D eigenvalue weighted by atomic mass is 9.84. The molecule has 2 aromatic rings. The Morgan fingerprint density at radius 3 is 2.88 bits per heavy atom. The fraction of sp³-hybridized carbons (Fsp3) is 0.556. The van der Waals surface area contributed by atoms with Crippen molar-refractivity contribution in [2.45, 2.75) is 51.8 Å². The number of carbonyl (C=O) groups is 1. The van der Waals surface area contributed by atoms with E-state index in [1.54, 1.807) is 6.20 Å². The number of nitrogens with zero attached hydrogens (tertiary/aromatic N) is 2. The molecule has 0 bridgehead atoms. The third-order valence-corrected chi connectivity index (χ3v) is 4.36. The lowest BCUT2D eigenvalue weighted by molar-refractivity contribution is -0.00679. The summed E-state index contributed by atoms with van der Waals surface area (Å²) in [5.74, 6) is 0. The Hall–Kier alpha value is -2.11. The summed E-state index contributed by atoms with van der Waals surface area (Å²) in [6.07, 6.45) is 2.28. The Balaban J connectivity index is 1.88. The zero-order valence-corrected chi connectivity index (χ0v) is 14.6. The normalized spacial score (nSPS) is 22.0. The van der Waals surface area contributed by atoms with Crippen molar-refractivity contribution in [3.05, 3.63) is 29.5 Å². The number of alkyl halides is 1. The van der Waals surface area contributed by atoms with Gasteiger partial charge in [0.15, 0.2) is 5.67 Å². The number of hydrogen-bond donors (Lipinski definition) is 1. The number of benzene rings is 1. The van der Waals surface area contributed by atoms with Gasteiger partial charge >= 0.3 is 6.09 Å². The van der Waals surface area contributed by atoms with Crippen LogP contribution in [-0.4, -0.2) is 39.9 Å². The number of fused-ring (bicyclic) bond motifs is 1. The minimum absolute atomic E-state index is 0.0163. The number of hydrogen-bond acceptors (Lipinski definition) is 3. The van der Waals surface area contributed by atoms with Crippen LogP contribution in [0, 0.1) is 6.92 Å². The molecule has 1 aliphatic heterocycles. The summed E-state index contributed by atoms with van der Waals surface area (Å²) >= 11 is 0. The number of rotatable bonds is 1. The first-order chi connectivity index (χ1) is 11.2. The van der Waals surface area contributed by atoms with Gasteiger partial charge in [-0.25, -0.2) is 9.18 Å². The highest BCUT2D eigenvalue weighted by molar-refractivity contribution is 5.80. The molecule has 3 rings (SSSR count). The second-order valence-electron chi connectivity index (χ2n) is 7.60. The summed E-state index contributed by atoms with van der Waals surface area (Å²) in [4.78, 5) is 13.8. The van der Waals surface area contributed by atoms with E-state index in [0.29, 0.717) is 24.9 Å². The number of nitrogens with one attached hydrogen (secondary N) is 1. The fourth-order valence-electron chi connectivity index (χ4n) is 3.30. The minimum atomic E-state index is -1.57. The molecule has 1 amide bonds. The van der Waals surface area contributed by atoms with E-state index in [1.165, 1.54) is 4.90 Å². The van der Waals surface area contributed by atoms with Crippen LogP contribution >= 0.6 is 0 Å². The number of piperidine rings is 1. The molecule has 5 nitrogen and oxygen atoms in total. The second-order valence-corrected chi connectivity index (χ2v) is 7.60. The van der Waals surface area contributed by atoms with Gasteiger partial charge in [-0.05, 0) is 63.8 Å². The van der Waals surface area contributed by atoms with Gasteiger partial charge in [0, 0.05) is 11.9 Å². The number of amides is 1. The Bertz CT molecular complexity index is 765. The number of carbonyl (C=O) groups excluding carboxylic acids is 1. The molecule has 1 aliphatic rings. The molecule has 2 heterocycles. The predicted octanol–water partition coefficient (Wildman–Crippen LogP) is 4.07. The number of ether oxygens (including phenoxy) is 1. The number of aryl methyl sites for hydroxylation is 1. The molecule has 24 heavy (non-hydrogen) atoms. The first-order valence-corrected chi connectivity index (χ1v) is 8.29. The summed E-state index contributed by atoms with van der Waals surface area (Å²) in [5.41, 5.74) is 0.142. The summed E-state index contributed by atoms with van der Waals surface area (Å²) < 4.78 is 21.2. The van der Waals surface area contributed by atoms with Crippen molar-refractivity contribution in [3.8, 4) is 0 Å². The van der Waals surface area contributed by atoms with E-state index in [4.69, 9.17) is 4.74 Å². The van der Waals surface area contributed by atoms with E-state index < -0.39 is 17.4 Å². The fourth-order valence-corrected chi connectivity index (χ4v) is 3.30. The van der Waals surface area contributed by atoms with Crippen LogP contribution in [0.25, 0.3) is 10.9 Å². The molecule has 6 heteroatoms. The van der Waals surface area contributed by atoms with Crippen LogP contribution in [0.2, 0.25) is 0 Å². The molecule has 1 fully saturated rings. The lowest BCUT2D eigenvalue weighted by Gasteiger charge is -2.38. The van der Waals surface area contributed by atoms with E-state index in [1.807, 2.05) is 39.8 Å². The van der Waals surface area contributed by atoms with Crippen molar-refractivity contribution in [3.63, 3.8) is 0 Å². The van der Waals surface area contributed by atoms with Crippen LogP contribution in [0.3, 0.4) is 0 Å². The topological polar surface area (TPSA) is 58.2 Å². The average Bonchev–Trinajstić information content (AvgIpc) is 2.91. The van der Waals surface area contributed by atoms with Crippen molar-refractivity contribution in [1.29, 1.82) is 0 Å². The minimum Gasteiger partial charge on any atom is -0.444 e. The van der Waals surface area contributed by atoms with Gasteiger partial charge in [-0.2, -0.15) is 5.10 Å². The van der Waals surface area contributed by atoms with Gasteiger partial charge in [0.25, 0.3) is 0 Å². The largest absolute Gasteiger partial charge is 0.444 e. The van der Waals surface area contributed by atoms with Gasteiger partial charge in [0.1, 0.15) is 5.60 Å². The van der Waals surface area contributed by atoms with Crippen LogP contribution < -0.4 is 0 Å². The first kappa shape index (κ1) is 16.7. The molecule has 1 saturated heterocycles. The summed E-state index contributed by atoms with van der Waals surface area (Å²) in [6, 6.07) is 3.75. The highest BCUT2D eigenvalue weighted by Crippen LogP contribution is 2.39. The number of aromatic nitrogens is 2. The molecule has 1 unspecified atom stereocenters. The molecule has 0 aliphatic carbocycles. The van der Waals surface area contributed by atoms with E-state index in [2.05, 4.69) is 10.2 Å². The second kappa shape index (κ2) is 5.76. The molecule has 1 aromatic heterocycles. The molecule has 0 spiro atoms. The maximum atomic E-state index is 15.8. The van der Waals surface area contributed by atoms with Crippen molar-refractivity contribution >= 4 is 17.0 Å². The third kappa shape index (κ3) is 3.23. The monoisotopic (exact) mass is 333 g/mol. The standard InChI is InChI=1S/C18H24FN3O2/c1-12-8-13-10-20-21-15(13)9-14(12)18(19)6-5-7-22(11-18)16(23)24-17(2,3)4/h8-10H,5-7,11H2,1-4H3,(H,20,21). The molecular formula is C18H24FN3O2. The van der Waals surface area contributed by atoms with E-state index in [0.717, 1.165) is 16.5 Å². The van der Waals surface area contributed by atoms with Crippen molar-refractivity contribution in [2.75, 3.05) is 13.1 Å². The predicted molar refractivity (Wildman–Crippen MR) is 90.7 cm³/mol. The smallest absolute Gasteiger partial charge is 0.410 e. The third-order valence-electron chi connectivity index (χ3n) is 4.36. The van der Waals surface area contributed by atoms with E-state index in [9.17, 15) is 4.79 Å². The molecule has 1 N–H and O–H groups in total. The van der Waals surface area contributed by atoms with Crippen molar-refractivity contribution < 1.29 is 13.9 Å². The molecule has 0 radical (unpaired) electrons. The Morgan fingerprint density at radius 2 is 2.17 bits per heavy atom. The van der Waals surface area contributed by atoms with Crippen LogP contribution in [0.1, 0.15) is 44.7 Å². The van der Waals surface area contributed by atoms with Gasteiger partial charge in [-0.3, -0.25) is 5.10 Å². The van der Waals surface area contributed by atoms with Gasteiger partial charge in [0.2, 0.25) is 0 Å². The van der Waals surface area contributed by atoms with E-state index in [-0.39, 0.29) is 6.54 Å². The Kier molecular flexibility index (Phi) is 4.01. The van der Waals surface area contributed by atoms with Gasteiger partial charge in [-0.1, -0.05) is 0 Å². The Labute approximate surface area is 141 Å². The lowest BCUT2D eigenvalue weighted by Crippen LogP contribution is -2.48. The van der Waals surface area contributed by atoms with Gasteiger partial charge in [0.05, 0.1) is 18.3 Å². The summed E-state index contributed by atoms with van der Waals surface area (Å²) in [7, 11) is 0. The Morgan fingerprint density at radius 1 is 1.42 bits per heavy atom. The number of likely N-dealkylation sites (tertiary alicyclic amines) is 1. The number of aromatic amines is 1. The van der Waals surface area contributed by atoms with Crippen LogP contribution in [0.15, 0.2) is 18.3 Å². The van der Waals surface area contributed by atoms with Crippen molar-refractivity contribution in [1.82, 2.24) is 15.1 Å². The molecular weight excluding hydrogens is 309 g/mol. The molecule has 1 atom stereocenters. The maximum absolute atomic E-state index is 15.8. The van der Waals surface area contributed by atoms with Crippen LogP contribution in [-0.2, 0) is 10.4 Å². The zero-order chi connectivity index (χ0) is 17.5. The summed E-state index contributed by atoms with van der Waals surface area (Å²) in [6.45, 7) is 7.87. The van der Waals surface area contributed by atoms with Crippen LogP contribution in [0.5, 0.6) is 0 Å². The zero-order valence-electron chi connectivity index (χ0n) is 14.6. The number of halogens is 1. The maximum Gasteiger partial charge on any atom is 0.410 e. The SMILES string of the molecule is Cc1cc2cn[nH]c2cc1C1(F)CCCN(C(=O)OC(C)(C)C)C1. The quantitative estimate of drug-likeness (QED) is 0.856.